The third-order valence-corrected chi connectivity index (χ3v) is 4.38. The number of fused-ring (bicyclic) bond motifs is 1. The molecule has 1 nitrogen and oxygen atoms in total. The summed E-state index contributed by atoms with van der Waals surface area (Å²) < 4.78 is 0. The number of hydrogen-bond donors (Lipinski definition) is 0. The lowest BCUT2D eigenvalue weighted by molar-refractivity contribution is 0.717. The van der Waals surface area contributed by atoms with Gasteiger partial charge in [-0.05, 0) is 49.4 Å². The second kappa shape index (κ2) is 5.40. The van der Waals surface area contributed by atoms with Crippen LogP contribution in [0.1, 0.15) is 29.2 Å². The van der Waals surface area contributed by atoms with E-state index < -0.39 is 0 Å². The van der Waals surface area contributed by atoms with Crippen LogP contribution in [0.3, 0.4) is 0 Å². The van der Waals surface area contributed by atoms with Crippen molar-refractivity contribution in [2.45, 2.75) is 27.2 Å². The second-order valence-electron chi connectivity index (χ2n) is 6.24. The Morgan fingerprint density at radius 3 is 2.62 bits per heavy atom. The number of hydrogen-bond acceptors (Lipinski definition) is 1. The van der Waals surface area contributed by atoms with Crippen LogP contribution in [0.15, 0.2) is 42.5 Å². The molecule has 0 amide bonds. The van der Waals surface area contributed by atoms with Gasteiger partial charge in [0.05, 0.1) is 0 Å². The fraction of sp³-hybridized carbons (Fsp3) is 0.300. The number of rotatable bonds is 2. The molecule has 1 heteroatoms. The van der Waals surface area contributed by atoms with Gasteiger partial charge in [-0.25, -0.2) is 0 Å². The van der Waals surface area contributed by atoms with Crippen LogP contribution in [0, 0.1) is 19.8 Å². The molecule has 2 aromatic carbocycles. The van der Waals surface area contributed by atoms with E-state index in [1.165, 1.54) is 33.6 Å². The van der Waals surface area contributed by atoms with Gasteiger partial charge in [-0.3, -0.25) is 0 Å². The van der Waals surface area contributed by atoms with Gasteiger partial charge >= 0.3 is 0 Å². The molecule has 0 radical (unpaired) electrons. The predicted molar refractivity (Wildman–Crippen MR) is 92.3 cm³/mol. The predicted octanol–water partition coefficient (Wildman–Crippen LogP) is 5.28. The van der Waals surface area contributed by atoms with Crippen molar-refractivity contribution in [2.75, 3.05) is 11.9 Å². The topological polar surface area (TPSA) is 3.24 Å². The van der Waals surface area contributed by atoms with Gasteiger partial charge in [0.2, 0.25) is 0 Å². The number of nitrogens with zero attached hydrogens (tertiary/aromatic N) is 1. The zero-order valence-corrected chi connectivity index (χ0v) is 13.4. The molecule has 0 saturated carbocycles. The maximum atomic E-state index is 2.32. The zero-order valence-electron chi connectivity index (χ0n) is 13.4. The van der Waals surface area contributed by atoms with Gasteiger partial charge in [-0.2, -0.15) is 0 Å². The minimum absolute atomic E-state index is 0.638. The Hall–Kier alpha value is -2.02. The van der Waals surface area contributed by atoms with Crippen LogP contribution in [0.4, 0.5) is 11.4 Å². The highest BCUT2D eigenvalue weighted by Crippen LogP contribution is 2.35. The minimum Gasteiger partial charge on any atom is -0.344 e. The summed E-state index contributed by atoms with van der Waals surface area (Å²) in [5, 5.41) is 0. The molecule has 0 bridgehead atoms. The molecule has 1 aliphatic rings. The lowest BCUT2D eigenvalue weighted by atomic mass is 9.89. The van der Waals surface area contributed by atoms with E-state index in [2.05, 4.69) is 81.3 Å². The van der Waals surface area contributed by atoms with Crippen LogP contribution in [0.5, 0.6) is 0 Å². The van der Waals surface area contributed by atoms with Crippen LogP contribution in [0.2, 0.25) is 0 Å². The Bertz CT molecular complexity index is 697. The summed E-state index contributed by atoms with van der Waals surface area (Å²) in [5.41, 5.74) is 8.04. The van der Waals surface area contributed by atoms with Gasteiger partial charge in [-0.15, -0.1) is 0 Å². The molecule has 0 fully saturated rings. The van der Waals surface area contributed by atoms with E-state index in [4.69, 9.17) is 0 Å². The van der Waals surface area contributed by atoms with Crippen LogP contribution in [-0.2, 0) is 6.42 Å². The lowest BCUT2D eigenvalue weighted by Gasteiger charge is -2.27. The molecule has 0 heterocycles. The number of allylic oxidation sites excluding steroid dienone is 1. The third kappa shape index (κ3) is 2.61. The molecule has 0 aliphatic heterocycles. The number of anilines is 2. The summed E-state index contributed by atoms with van der Waals surface area (Å²) in [4.78, 5) is 2.31. The first-order chi connectivity index (χ1) is 10.1. The monoisotopic (exact) mass is 277 g/mol. The van der Waals surface area contributed by atoms with Gasteiger partial charge in [0.1, 0.15) is 0 Å². The number of benzene rings is 2. The van der Waals surface area contributed by atoms with E-state index in [0.29, 0.717) is 5.92 Å². The Morgan fingerprint density at radius 1 is 1.05 bits per heavy atom. The van der Waals surface area contributed by atoms with Gasteiger partial charge in [-0.1, -0.05) is 48.9 Å². The largest absolute Gasteiger partial charge is 0.344 e. The molecule has 1 atom stereocenters. The Balaban J connectivity index is 2.06. The van der Waals surface area contributed by atoms with Gasteiger partial charge in [0.25, 0.3) is 0 Å². The molecular weight excluding hydrogens is 254 g/mol. The normalized spacial score (nSPS) is 16.7. The van der Waals surface area contributed by atoms with Crippen LogP contribution < -0.4 is 4.90 Å². The van der Waals surface area contributed by atoms with Crippen LogP contribution in [-0.4, -0.2) is 7.05 Å². The average molecular weight is 277 g/mol. The molecule has 0 N–H and O–H groups in total. The molecule has 108 valence electrons. The van der Waals surface area contributed by atoms with E-state index in [1.54, 1.807) is 0 Å². The molecule has 21 heavy (non-hydrogen) atoms. The summed E-state index contributed by atoms with van der Waals surface area (Å²) in [6.07, 6.45) is 5.75. The first-order valence-corrected chi connectivity index (χ1v) is 7.67. The SMILES string of the molecule is Cc1ccc(N(C)c2cccc3c2C=CC(C)C3)c(C)c1. The Labute approximate surface area is 127 Å². The lowest BCUT2D eigenvalue weighted by Crippen LogP contribution is -2.14. The van der Waals surface area contributed by atoms with Crippen LogP contribution >= 0.6 is 0 Å². The fourth-order valence-electron chi connectivity index (χ4n) is 3.25. The van der Waals surface area contributed by atoms with Gasteiger partial charge in [0, 0.05) is 24.0 Å². The minimum atomic E-state index is 0.638. The van der Waals surface area contributed by atoms with Gasteiger partial charge < -0.3 is 4.90 Å². The van der Waals surface area contributed by atoms with Crippen molar-refractivity contribution < 1.29 is 0 Å². The first kappa shape index (κ1) is 13.9. The van der Waals surface area contributed by atoms with E-state index in [1.807, 2.05) is 0 Å². The summed E-state index contributed by atoms with van der Waals surface area (Å²) in [7, 11) is 2.17. The second-order valence-corrected chi connectivity index (χ2v) is 6.24. The maximum Gasteiger partial charge on any atom is 0.0484 e. The summed E-state index contributed by atoms with van der Waals surface area (Å²) in [6.45, 7) is 6.61. The summed E-state index contributed by atoms with van der Waals surface area (Å²) >= 11 is 0. The molecule has 2 aromatic rings. The molecule has 0 spiro atoms. The first-order valence-electron chi connectivity index (χ1n) is 7.67. The van der Waals surface area contributed by atoms with E-state index in [0.717, 1.165) is 6.42 Å². The molecular formula is C20H23N. The standard InChI is InChI=1S/C20H23N/c1-14-9-11-19(16(3)12-14)21(4)20-7-5-6-17-13-15(2)8-10-18(17)20/h5-12,15H,13H2,1-4H3. The molecule has 1 aliphatic carbocycles. The maximum absolute atomic E-state index is 2.32. The van der Waals surface area contributed by atoms with Crippen LogP contribution in [0.25, 0.3) is 6.08 Å². The molecule has 3 rings (SSSR count). The zero-order chi connectivity index (χ0) is 15.0. The summed E-state index contributed by atoms with van der Waals surface area (Å²) in [5.74, 6) is 0.638. The van der Waals surface area contributed by atoms with Crippen molar-refractivity contribution in [2.24, 2.45) is 5.92 Å². The van der Waals surface area contributed by atoms with Crippen molar-refractivity contribution in [3.8, 4) is 0 Å². The molecule has 1 unspecified atom stereocenters. The highest BCUT2D eigenvalue weighted by atomic mass is 15.1. The van der Waals surface area contributed by atoms with Crippen molar-refractivity contribution in [1.29, 1.82) is 0 Å². The van der Waals surface area contributed by atoms with Crippen molar-refractivity contribution in [3.63, 3.8) is 0 Å². The average Bonchev–Trinajstić information content (AvgIpc) is 2.45. The van der Waals surface area contributed by atoms with Crippen molar-refractivity contribution in [3.05, 3.63) is 64.7 Å². The number of aryl methyl sites for hydroxylation is 2. The third-order valence-electron chi connectivity index (χ3n) is 4.38. The smallest absolute Gasteiger partial charge is 0.0484 e. The highest BCUT2D eigenvalue weighted by Gasteiger charge is 2.16. The highest BCUT2D eigenvalue weighted by molar-refractivity contribution is 5.77. The summed E-state index contributed by atoms with van der Waals surface area (Å²) in [6, 6.07) is 13.3. The Morgan fingerprint density at radius 2 is 1.86 bits per heavy atom. The van der Waals surface area contributed by atoms with E-state index in [-0.39, 0.29) is 0 Å². The molecule has 0 saturated heterocycles. The fourth-order valence-corrected chi connectivity index (χ4v) is 3.25. The Kier molecular flexibility index (Phi) is 3.59. The van der Waals surface area contributed by atoms with Crippen molar-refractivity contribution in [1.82, 2.24) is 0 Å². The van der Waals surface area contributed by atoms with E-state index >= 15 is 0 Å². The quantitative estimate of drug-likeness (QED) is 0.722. The molecule has 0 aromatic heterocycles. The van der Waals surface area contributed by atoms with E-state index in [9.17, 15) is 0 Å². The van der Waals surface area contributed by atoms with Gasteiger partial charge in [0.15, 0.2) is 0 Å². The van der Waals surface area contributed by atoms with Crippen molar-refractivity contribution >= 4 is 17.5 Å².